The lowest BCUT2D eigenvalue weighted by Crippen LogP contribution is -1.87. The molecular weight excluding hydrogens is 208 g/mol. The molecule has 4 heteroatoms. The Balaban J connectivity index is 2.71. The van der Waals surface area contributed by atoms with E-state index in [4.69, 9.17) is 9.47 Å². The van der Waals surface area contributed by atoms with E-state index in [0.717, 1.165) is 10.8 Å². The maximum Gasteiger partial charge on any atom is 0.161 e. The van der Waals surface area contributed by atoms with Gasteiger partial charge in [-0.1, -0.05) is 0 Å². The van der Waals surface area contributed by atoms with E-state index in [2.05, 4.69) is 0 Å². The molecule has 0 saturated heterocycles. The van der Waals surface area contributed by atoms with Gasteiger partial charge < -0.3 is 19.7 Å². The number of phenols is 2. The van der Waals surface area contributed by atoms with Crippen molar-refractivity contribution >= 4 is 10.8 Å². The minimum Gasteiger partial charge on any atom is -0.504 e. The SMILES string of the molecule is COc1cc2cc(OC)c(O)cc2cc1O. The van der Waals surface area contributed by atoms with Crippen molar-refractivity contribution in [2.24, 2.45) is 0 Å². The predicted octanol–water partition coefficient (Wildman–Crippen LogP) is 2.27. The Morgan fingerprint density at radius 2 is 1.12 bits per heavy atom. The Morgan fingerprint density at radius 1 is 0.750 bits per heavy atom. The Labute approximate surface area is 92.7 Å². The van der Waals surface area contributed by atoms with Crippen LogP contribution in [0.5, 0.6) is 23.0 Å². The number of ether oxygens (including phenoxy) is 2. The molecule has 0 aliphatic carbocycles. The quantitative estimate of drug-likeness (QED) is 0.815. The number of aromatic hydroxyl groups is 2. The maximum absolute atomic E-state index is 9.59. The molecule has 2 N–H and O–H groups in total. The summed E-state index contributed by atoms with van der Waals surface area (Å²) in [5.74, 6) is 0.861. The van der Waals surface area contributed by atoms with Crippen molar-refractivity contribution in [2.45, 2.75) is 0 Å². The van der Waals surface area contributed by atoms with Crippen LogP contribution in [0.25, 0.3) is 10.8 Å². The highest BCUT2D eigenvalue weighted by Crippen LogP contribution is 2.36. The molecule has 0 spiro atoms. The summed E-state index contributed by atoms with van der Waals surface area (Å²) in [7, 11) is 2.97. The second kappa shape index (κ2) is 3.81. The van der Waals surface area contributed by atoms with Gasteiger partial charge in [0.05, 0.1) is 14.2 Å². The first-order valence-corrected chi connectivity index (χ1v) is 4.73. The van der Waals surface area contributed by atoms with Crippen molar-refractivity contribution in [1.82, 2.24) is 0 Å². The van der Waals surface area contributed by atoms with Crippen LogP contribution < -0.4 is 9.47 Å². The van der Waals surface area contributed by atoms with Gasteiger partial charge in [-0.15, -0.1) is 0 Å². The van der Waals surface area contributed by atoms with Gasteiger partial charge in [0, 0.05) is 0 Å². The van der Waals surface area contributed by atoms with Crippen LogP contribution in [0, 0.1) is 0 Å². The first-order valence-electron chi connectivity index (χ1n) is 4.73. The molecule has 0 radical (unpaired) electrons. The topological polar surface area (TPSA) is 58.9 Å². The zero-order valence-electron chi connectivity index (χ0n) is 9.02. The molecule has 0 fully saturated rings. The molecule has 2 aromatic carbocycles. The van der Waals surface area contributed by atoms with Crippen molar-refractivity contribution in [3.63, 3.8) is 0 Å². The second-order valence-electron chi connectivity index (χ2n) is 3.40. The molecule has 2 rings (SSSR count). The summed E-state index contributed by atoms with van der Waals surface area (Å²) in [6.45, 7) is 0. The molecule has 0 amide bonds. The standard InChI is InChI=1S/C12H12O4/c1-15-11-5-8-6-12(16-2)10(14)4-7(8)3-9(11)13/h3-6,13-14H,1-2H3. The predicted molar refractivity (Wildman–Crippen MR) is 60.4 cm³/mol. The summed E-state index contributed by atoms with van der Waals surface area (Å²) in [6, 6.07) is 6.44. The van der Waals surface area contributed by atoms with E-state index < -0.39 is 0 Å². The van der Waals surface area contributed by atoms with Gasteiger partial charge >= 0.3 is 0 Å². The number of hydrogen-bond acceptors (Lipinski definition) is 4. The number of benzene rings is 2. The van der Waals surface area contributed by atoms with E-state index in [1.807, 2.05) is 0 Å². The van der Waals surface area contributed by atoms with E-state index >= 15 is 0 Å². The van der Waals surface area contributed by atoms with Crippen LogP contribution in [0.1, 0.15) is 0 Å². The van der Waals surface area contributed by atoms with Crippen LogP contribution >= 0.6 is 0 Å². The zero-order chi connectivity index (χ0) is 11.7. The smallest absolute Gasteiger partial charge is 0.161 e. The van der Waals surface area contributed by atoms with Crippen LogP contribution in [-0.2, 0) is 0 Å². The highest BCUT2D eigenvalue weighted by Gasteiger charge is 2.08. The molecule has 0 saturated carbocycles. The van der Waals surface area contributed by atoms with Gasteiger partial charge in [-0.2, -0.15) is 0 Å². The molecule has 0 bridgehead atoms. The largest absolute Gasteiger partial charge is 0.504 e. The number of hydrogen-bond donors (Lipinski definition) is 2. The van der Waals surface area contributed by atoms with Crippen molar-refractivity contribution in [1.29, 1.82) is 0 Å². The van der Waals surface area contributed by atoms with Gasteiger partial charge in [0.15, 0.2) is 23.0 Å². The lowest BCUT2D eigenvalue weighted by Gasteiger charge is -2.08. The minimum atomic E-state index is 0.0413. The van der Waals surface area contributed by atoms with Gasteiger partial charge in [0.25, 0.3) is 0 Å². The summed E-state index contributed by atoms with van der Waals surface area (Å²) in [6.07, 6.45) is 0. The van der Waals surface area contributed by atoms with Gasteiger partial charge in [-0.05, 0) is 35.0 Å². The lowest BCUT2D eigenvalue weighted by molar-refractivity contribution is 0.372. The van der Waals surface area contributed by atoms with E-state index in [-0.39, 0.29) is 11.5 Å². The maximum atomic E-state index is 9.59. The van der Waals surface area contributed by atoms with Gasteiger partial charge in [-0.25, -0.2) is 0 Å². The molecule has 0 aliphatic rings. The van der Waals surface area contributed by atoms with Gasteiger partial charge in [0.1, 0.15) is 0 Å². The summed E-state index contributed by atoms with van der Waals surface area (Å²) in [5, 5.41) is 20.7. The normalized spacial score (nSPS) is 10.4. The number of fused-ring (bicyclic) bond motifs is 1. The van der Waals surface area contributed by atoms with Gasteiger partial charge in [-0.3, -0.25) is 0 Å². The van der Waals surface area contributed by atoms with Gasteiger partial charge in [0.2, 0.25) is 0 Å². The Kier molecular flexibility index (Phi) is 2.48. The van der Waals surface area contributed by atoms with Crippen LogP contribution in [0.4, 0.5) is 0 Å². The Hall–Kier alpha value is -2.10. The Bertz CT molecular complexity index is 489. The third-order valence-electron chi connectivity index (χ3n) is 2.44. The molecule has 0 heterocycles. The molecule has 84 valence electrons. The highest BCUT2D eigenvalue weighted by atomic mass is 16.5. The fraction of sp³-hybridized carbons (Fsp3) is 0.167. The number of methoxy groups -OCH3 is 2. The molecular formula is C12H12O4. The van der Waals surface area contributed by atoms with Crippen molar-refractivity contribution in [3.05, 3.63) is 24.3 Å². The third kappa shape index (κ3) is 1.58. The van der Waals surface area contributed by atoms with Crippen molar-refractivity contribution in [3.8, 4) is 23.0 Å². The lowest BCUT2D eigenvalue weighted by atomic mass is 10.1. The van der Waals surface area contributed by atoms with E-state index in [0.29, 0.717) is 11.5 Å². The monoisotopic (exact) mass is 220 g/mol. The highest BCUT2D eigenvalue weighted by molar-refractivity contribution is 5.89. The zero-order valence-corrected chi connectivity index (χ0v) is 9.02. The molecule has 16 heavy (non-hydrogen) atoms. The summed E-state index contributed by atoms with van der Waals surface area (Å²) < 4.78 is 10.0. The second-order valence-corrected chi connectivity index (χ2v) is 3.40. The summed E-state index contributed by atoms with van der Waals surface area (Å²) in [5.41, 5.74) is 0. The Morgan fingerprint density at radius 3 is 1.50 bits per heavy atom. The summed E-state index contributed by atoms with van der Waals surface area (Å²) >= 11 is 0. The van der Waals surface area contributed by atoms with Crippen molar-refractivity contribution < 1.29 is 19.7 Å². The molecule has 0 aliphatic heterocycles. The molecule has 4 nitrogen and oxygen atoms in total. The van der Waals surface area contributed by atoms with E-state index in [1.54, 1.807) is 12.1 Å². The molecule has 2 aromatic rings. The summed E-state index contributed by atoms with van der Waals surface area (Å²) in [4.78, 5) is 0. The number of rotatable bonds is 2. The first-order chi connectivity index (χ1) is 7.65. The van der Waals surface area contributed by atoms with Crippen LogP contribution in [0.3, 0.4) is 0 Å². The van der Waals surface area contributed by atoms with E-state index in [9.17, 15) is 10.2 Å². The van der Waals surface area contributed by atoms with E-state index in [1.165, 1.54) is 26.4 Å². The molecule has 0 aromatic heterocycles. The average Bonchev–Trinajstić information content (AvgIpc) is 2.27. The fourth-order valence-corrected chi connectivity index (χ4v) is 1.61. The fourth-order valence-electron chi connectivity index (χ4n) is 1.61. The van der Waals surface area contributed by atoms with Crippen molar-refractivity contribution in [2.75, 3.05) is 14.2 Å². The minimum absolute atomic E-state index is 0.0413. The molecule has 0 atom stereocenters. The van der Waals surface area contributed by atoms with Crippen LogP contribution in [0.2, 0.25) is 0 Å². The van der Waals surface area contributed by atoms with Crippen LogP contribution in [-0.4, -0.2) is 24.4 Å². The average molecular weight is 220 g/mol. The molecule has 0 unspecified atom stereocenters. The van der Waals surface area contributed by atoms with Crippen LogP contribution in [0.15, 0.2) is 24.3 Å². The first kappa shape index (κ1) is 10.4. The number of phenolic OH excluding ortho intramolecular Hbond substituents is 2. The third-order valence-corrected chi connectivity index (χ3v) is 2.44.